The number of aliphatic hydroxyl groups excluding tert-OH is 2. The number of nitrogens with one attached hydrogen (secondary N) is 1. The highest BCUT2D eigenvalue weighted by molar-refractivity contribution is 5.76. The summed E-state index contributed by atoms with van der Waals surface area (Å²) in [7, 11) is 0. The molecule has 2 atom stereocenters. The van der Waals surface area contributed by atoms with Gasteiger partial charge in [0.1, 0.15) is 0 Å². The van der Waals surface area contributed by atoms with Crippen LogP contribution in [-0.4, -0.2) is 47.4 Å². The summed E-state index contributed by atoms with van der Waals surface area (Å²) in [6.45, 7) is 4.98. The molecular formula is C70H135NO5. The van der Waals surface area contributed by atoms with Crippen LogP contribution in [0.2, 0.25) is 0 Å². The minimum atomic E-state index is -0.664. The molecule has 0 rings (SSSR count). The molecule has 0 aliphatic heterocycles. The SMILES string of the molecule is CCCCCCCC/C=C\CCCCCCCC(=O)OCCCCCCCCCCCCCC/C=C\CCCCCCCCCCCCCCC(=O)NC(CO)C(O)CCCCCCCCCCCCCCCCCC. The van der Waals surface area contributed by atoms with E-state index in [0.29, 0.717) is 25.9 Å². The van der Waals surface area contributed by atoms with Gasteiger partial charge in [0.2, 0.25) is 5.91 Å². The number of hydrogen-bond acceptors (Lipinski definition) is 5. The van der Waals surface area contributed by atoms with Gasteiger partial charge in [-0.25, -0.2) is 0 Å². The molecule has 0 spiro atoms. The van der Waals surface area contributed by atoms with Crippen molar-refractivity contribution in [2.24, 2.45) is 0 Å². The summed E-state index contributed by atoms with van der Waals surface area (Å²) in [5.41, 5.74) is 0. The molecule has 0 aromatic rings. The number of esters is 1. The summed E-state index contributed by atoms with van der Waals surface area (Å²) in [5, 5.41) is 23.3. The van der Waals surface area contributed by atoms with E-state index < -0.39 is 12.1 Å². The van der Waals surface area contributed by atoms with Crippen LogP contribution in [0.3, 0.4) is 0 Å². The summed E-state index contributed by atoms with van der Waals surface area (Å²) in [4.78, 5) is 24.6. The van der Waals surface area contributed by atoms with Crippen molar-refractivity contribution in [3.8, 4) is 0 Å². The first-order valence-corrected chi connectivity index (χ1v) is 34.6. The second-order valence-electron chi connectivity index (χ2n) is 23.9. The zero-order valence-electron chi connectivity index (χ0n) is 51.5. The van der Waals surface area contributed by atoms with E-state index in [-0.39, 0.29) is 18.5 Å². The minimum absolute atomic E-state index is 0.00852. The number of aliphatic hydroxyl groups is 2. The van der Waals surface area contributed by atoms with Crippen molar-refractivity contribution in [2.45, 2.75) is 398 Å². The lowest BCUT2D eigenvalue weighted by Crippen LogP contribution is -2.45. The molecule has 450 valence electrons. The van der Waals surface area contributed by atoms with Gasteiger partial charge in [-0.05, 0) is 77.0 Å². The third-order valence-electron chi connectivity index (χ3n) is 16.2. The molecule has 3 N–H and O–H groups in total. The van der Waals surface area contributed by atoms with E-state index in [0.717, 1.165) is 44.9 Å². The van der Waals surface area contributed by atoms with Crippen LogP contribution >= 0.6 is 0 Å². The topological polar surface area (TPSA) is 95.9 Å². The van der Waals surface area contributed by atoms with Gasteiger partial charge in [0.25, 0.3) is 0 Å². The van der Waals surface area contributed by atoms with E-state index in [2.05, 4.69) is 43.5 Å². The van der Waals surface area contributed by atoms with Gasteiger partial charge in [-0.1, -0.05) is 321 Å². The van der Waals surface area contributed by atoms with Crippen molar-refractivity contribution in [3.63, 3.8) is 0 Å². The highest BCUT2D eigenvalue weighted by atomic mass is 16.5. The van der Waals surface area contributed by atoms with Gasteiger partial charge in [-0.3, -0.25) is 9.59 Å². The van der Waals surface area contributed by atoms with E-state index in [1.165, 1.54) is 308 Å². The molecule has 6 nitrogen and oxygen atoms in total. The standard InChI is InChI=1S/C70H135NO5/c1-3-5-7-9-11-13-15-17-19-35-38-42-46-50-54-58-62-68(73)67(66-72)71-69(74)63-59-55-51-47-43-39-36-32-30-28-26-24-22-20-21-23-25-27-29-31-33-37-41-45-49-53-57-61-65-76-70(75)64-60-56-52-48-44-40-34-18-16-14-12-10-8-6-4-2/h18,20-21,34,67-68,72-73H,3-17,19,22-33,35-66H2,1-2H3,(H,71,74)/b21-20-,34-18-. The van der Waals surface area contributed by atoms with Crippen molar-refractivity contribution >= 4 is 11.9 Å². The molecule has 0 aromatic heterocycles. The van der Waals surface area contributed by atoms with Crippen molar-refractivity contribution < 1.29 is 24.5 Å². The summed E-state index contributed by atoms with van der Waals surface area (Å²) in [6.07, 6.45) is 82.2. The van der Waals surface area contributed by atoms with Crippen LogP contribution in [0.1, 0.15) is 386 Å². The molecular weight excluding hydrogens is 935 g/mol. The third kappa shape index (κ3) is 61.6. The molecule has 0 radical (unpaired) electrons. The maximum absolute atomic E-state index is 12.5. The van der Waals surface area contributed by atoms with Crippen LogP contribution in [0.5, 0.6) is 0 Å². The number of hydrogen-bond donors (Lipinski definition) is 3. The summed E-state index contributed by atoms with van der Waals surface area (Å²) in [6, 6.07) is -0.541. The highest BCUT2D eigenvalue weighted by Gasteiger charge is 2.20. The van der Waals surface area contributed by atoms with Crippen molar-refractivity contribution in [1.82, 2.24) is 5.32 Å². The second kappa shape index (κ2) is 65.9. The van der Waals surface area contributed by atoms with Crippen LogP contribution in [0.25, 0.3) is 0 Å². The number of amides is 1. The molecule has 1 amide bonds. The number of allylic oxidation sites excluding steroid dienone is 4. The predicted octanol–water partition coefficient (Wildman–Crippen LogP) is 22.1. The maximum atomic E-state index is 12.5. The quantitative estimate of drug-likeness (QED) is 0.0320. The zero-order chi connectivity index (χ0) is 55.0. The summed E-state index contributed by atoms with van der Waals surface area (Å²) in [5.74, 6) is -0.0234. The fourth-order valence-electron chi connectivity index (χ4n) is 10.9. The summed E-state index contributed by atoms with van der Waals surface area (Å²) >= 11 is 0. The highest BCUT2D eigenvalue weighted by Crippen LogP contribution is 2.18. The third-order valence-corrected chi connectivity index (χ3v) is 16.2. The minimum Gasteiger partial charge on any atom is -0.466 e. The van der Waals surface area contributed by atoms with Gasteiger partial charge in [0.15, 0.2) is 0 Å². The van der Waals surface area contributed by atoms with Gasteiger partial charge < -0.3 is 20.3 Å². The molecule has 0 bridgehead atoms. The fraction of sp³-hybridized carbons (Fsp3) is 0.914. The normalized spacial score (nSPS) is 12.6. The molecule has 0 fully saturated rings. The Kier molecular flexibility index (Phi) is 64.4. The molecule has 76 heavy (non-hydrogen) atoms. The average Bonchev–Trinajstić information content (AvgIpc) is 3.42. The van der Waals surface area contributed by atoms with Gasteiger partial charge in [0.05, 0.1) is 25.4 Å². The predicted molar refractivity (Wildman–Crippen MR) is 333 cm³/mol. The van der Waals surface area contributed by atoms with Crippen molar-refractivity contribution in [2.75, 3.05) is 13.2 Å². The average molecular weight is 1070 g/mol. The maximum Gasteiger partial charge on any atom is 0.305 e. The first kappa shape index (κ1) is 74.3. The summed E-state index contributed by atoms with van der Waals surface area (Å²) < 4.78 is 5.49. The van der Waals surface area contributed by atoms with Crippen molar-refractivity contribution in [1.29, 1.82) is 0 Å². The Hall–Kier alpha value is -1.66. The van der Waals surface area contributed by atoms with Crippen LogP contribution in [0, 0.1) is 0 Å². The molecule has 0 aromatic carbocycles. The largest absolute Gasteiger partial charge is 0.466 e. The Balaban J connectivity index is 3.37. The van der Waals surface area contributed by atoms with Crippen LogP contribution in [0.4, 0.5) is 0 Å². The lowest BCUT2D eigenvalue weighted by molar-refractivity contribution is -0.143. The zero-order valence-corrected chi connectivity index (χ0v) is 51.5. The number of rotatable bonds is 65. The lowest BCUT2D eigenvalue weighted by atomic mass is 10.0. The second-order valence-corrected chi connectivity index (χ2v) is 23.9. The molecule has 0 aliphatic carbocycles. The van der Waals surface area contributed by atoms with Gasteiger partial charge in [0, 0.05) is 12.8 Å². The number of unbranched alkanes of at least 4 members (excludes halogenated alkanes) is 50. The van der Waals surface area contributed by atoms with Crippen molar-refractivity contribution in [3.05, 3.63) is 24.3 Å². The number of carbonyl (C=O) groups is 2. The Morgan fingerprint density at radius 1 is 0.355 bits per heavy atom. The van der Waals surface area contributed by atoms with E-state index in [1.807, 2.05) is 0 Å². The Bertz CT molecular complexity index is 1190. The fourth-order valence-corrected chi connectivity index (χ4v) is 10.9. The van der Waals surface area contributed by atoms with Crippen LogP contribution < -0.4 is 5.32 Å². The van der Waals surface area contributed by atoms with E-state index in [1.54, 1.807) is 0 Å². The first-order chi connectivity index (χ1) is 37.5. The lowest BCUT2D eigenvalue weighted by Gasteiger charge is -2.22. The Morgan fingerprint density at radius 3 is 0.934 bits per heavy atom. The van der Waals surface area contributed by atoms with Gasteiger partial charge in [-0.15, -0.1) is 0 Å². The Morgan fingerprint density at radius 2 is 0.618 bits per heavy atom. The molecule has 0 saturated heterocycles. The number of carbonyl (C=O) groups excluding carboxylic acids is 2. The Labute approximate surface area is 475 Å². The monoisotopic (exact) mass is 1070 g/mol. The van der Waals surface area contributed by atoms with Gasteiger partial charge >= 0.3 is 5.97 Å². The van der Waals surface area contributed by atoms with E-state index in [9.17, 15) is 19.8 Å². The molecule has 2 unspecified atom stereocenters. The molecule has 0 aliphatic rings. The van der Waals surface area contributed by atoms with Gasteiger partial charge in [-0.2, -0.15) is 0 Å². The van der Waals surface area contributed by atoms with Crippen LogP contribution in [-0.2, 0) is 14.3 Å². The number of ether oxygens (including phenoxy) is 1. The smallest absolute Gasteiger partial charge is 0.305 e. The molecule has 0 heterocycles. The van der Waals surface area contributed by atoms with E-state index >= 15 is 0 Å². The molecule has 6 heteroatoms. The van der Waals surface area contributed by atoms with Crippen LogP contribution in [0.15, 0.2) is 24.3 Å². The first-order valence-electron chi connectivity index (χ1n) is 34.6. The van der Waals surface area contributed by atoms with E-state index in [4.69, 9.17) is 4.74 Å². The molecule has 0 saturated carbocycles.